The Morgan fingerprint density at radius 3 is 1.28 bits per heavy atom. The molecule has 0 saturated heterocycles. The average molecular weight is 2070 g/mol. The first-order valence-electron chi connectivity index (χ1n) is 42.8. The fourth-order valence-corrected chi connectivity index (χ4v) is 19.7. The van der Waals surface area contributed by atoms with E-state index in [0.29, 0.717) is 147 Å². The molecular weight excluding hydrogens is 1960 g/mol. The van der Waals surface area contributed by atoms with Crippen molar-refractivity contribution >= 4 is 144 Å². The predicted molar refractivity (Wildman–Crippen MR) is 508 cm³/mol. The van der Waals surface area contributed by atoms with E-state index in [1.807, 2.05) is 122 Å². The number of ether oxygens (including phenoxy) is 5. The van der Waals surface area contributed by atoms with Gasteiger partial charge < -0.3 is 49.1 Å². The minimum absolute atomic E-state index is 0.198. The van der Waals surface area contributed by atoms with Crippen molar-refractivity contribution in [2.45, 2.75) is 164 Å². The lowest BCUT2D eigenvalue weighted by Crippen LogP contribution is -2.28. The average Bonchev–Trinajstić information content (AvgIpc) is 1.62. The minimum atomic E-state index is -4.51. The summed E-state index contributed by atoms with van der Waals surface area (Å²) < 4.78 is 225. The van der Waals surface area contributed by atoms with Crippen LogP contribution in [0.3, 0.4) is 0 Å². The number of aromatic hydroxyl groups is 1. The number of benzene rings is 6. The highest BCUT2D eigenvalue weighted by Crippen LogP contribution is 2.52. The second kappa shape index (κ2) is 51.7. The number of phenols is 1. The van der Waals surface area contributed by atoms with Crippen LogP contribution in [-0.4, -0.2) is 191 Å². The fraction of sp³-hybridized carbons (Fsp3) is 0.391. The number of fused-ring (bicyclic) bond motifs is 4. The quantitative estimate of drug-likeness (QED) is 0.00452. The molecule has 0 aliphatic carbocycles. The molecule has 0 spiro atoms. The zero-order valence-corrected chi connectivity index (χ0v) is 83.4. The first-order chi connectivity index (χ1) is 64.7. The van der Waals surface area contributed by atoms with Crippen LogP contribution < -0.4 is 25.1 Å². The number of carbonyl (C=O) groups is 2. The maximum atomic E-state index is 12.2. The van der Waals surface area contributed by atoms with Gasteiger partial charge in [0.1, 0.15) is 30.3 Å². The van der Waals surface area contributed by atoms with Gasteiger partial charge in [0.25, 0.3) is 53.4 Å². The number of anilines is 2. The van der Waals surface area contributed by atoms with Crippen LogP contribution in [0, 0.1) is 0 Å². The van der Waals surface area contributed by atoms with Crippen LogP contribution in [0.25, 0.3) is 0 Å². The van der Waals surface area contributed by atoms with Gasteiger partial charge in [-0.1, -0.05) is 112 Å². The number of unbranched alkanes of at least 4 members (excludes halogenated alkanes) is 4. The van der Waals surface area contributed by atoms with Gasteiger partial charge in [0.15, 0.2) is 22.9 Å². The summed E-state index contributed by atoms with van der Waals surface area (Å²) in [6.07, 6.45) is 22.5. The van der Waals surface area contributed by atoms with E-state index in [1.165, 1.54) is 35.4 Å². The molecule has 0 fully saturated rings. The smallest absolute Gasteiger partial charge is 0.425 e. The normalized spacial score (nSPS) is 17.3. The number of carbonyl (C=O) groups excluding carboxylic acids is 2. The molecule has 6 aromatic rings. The SMILES string of the molecule is CC1(C)C(/C=C/C2=C(Cl)C(=C/C=C3/N(CCCCS(=O)(=O)O)c4ccc(S(=O)(=O)O)cc4C3(C)C)/CCO2)=[N+](CCCCSOO[O-])c2ccccc21.CC1(C)C(/C=C/C2=C(Oc3ccc(CCOC=O)cc3)C(=C/C=C3/N(CCCCS(=O)(=O)O)c4ccc(S(=O)(=O)O)cc4C3(C)C)/CCO2)=[N+](CCCCSOO[O-])c2ccccc21.O=COCCc1ccc(O)cc1.O=S(=O)=O.O=S(=O)=O. The van der Waals surface area contributed by atoms with Gasteiger partial charge in [-0.2, -0.15) is 51.5 Å². The first kappa shape index (κ1) is 112. The molecule has 45 heteroatoms. The van der Waals surface area contributed by atoms with Crippen LogP contribution in [0.2, 0.25) is 0 Å². The molecule has 0 radical (unpaired) electrons. The highest BCUT2D eigenvalue weighted by Gasteiger charge is 2.47. The number of halogens is 1. The molecule has 0 atom stereocenters. The molecule has 36 nitrogen and oxygen atoms in total. The maximum absolute atomic E-state index is 12.2. The summed E-state index contributed by atoms with van der Waals surface area (Å²) in [6.45, 7) is 21.0. The van der Waals surface area contributed by atoms with E-state index in [4.69, 9.17) is 60.9 Å². The Balaban J connectivity index is 0.000000282. The third kappa shape index (κ3) is 32.5. The topological polar surface area (TPSA) is 516 Å². The summed E-state index contributed by atoms with van der Waals surface area (Å²) >= 11 is 8.98. The monoisotopic (exact) mass is 2070 g/mol. The van der Waals surface area contributed by atoms with E-state index in [-0.39, 0.29) is 51.6 Å². The number of hydrogen-bond donors (Lipinski definition) is 5. The number of para-hydroxylation sites is 2. The van der Waals surface area contributed by atoms with E-state index in [2.05, 4.69) is 96.7 Å². The van der Waals surface area contributed by atoms with Crippen LogP contribution in [0.15, 0.2) is 237 Å². The number of allylic oxidation sites excluding steroid dienone is 12. The van der Waals surface area contributed by atoms with Gasteiger partial charge in [-0.3, -0.25) is 37.9 Å². The molecule has 0 unspecified atom stereocenters. The molecule has 6 aromatic carbocycles. The Morgan fingerprint density at radius 1 is 0.482 bits per heavy atom. The second-order valence-corrected chi connectivity index (χ2v) is 42.3. The van der Waals surface area contributed by atoms with E-state index < -0.39 is 78.3 Å². The van der Waals surface area contributed by atoms with Gasteiger partial charge in [0, 0.05) is 162 Å². The highest BCUT2D eigenvalue weighted by atomic mass is 35.5. The van der Waals surface area contributed by atoms with E-state index >= 15 is 0 Å². The van der Waals surface area contributed by atoms with Gasteiger partial charge >= 0.3 is 21.2 Å². The van der Waals surface area contributed by atoms with E-state index in [9.17, 15) is 72.0 Å². The zero-order valence-electron chi connectivity index (χ0n) is 76.1. The molecule has 0 amide bonds. The lowest BCUT2D eigenvalue weighted by atomic mass is 9.81. The predicted octanol–water partition coefficient (Wildman–Crippen LogP) is 13.0. The Hall–Kier alpha value is -10.0. The minimum Gasteiger partial charge on any atom is -0.691 e. The molecule has 0 aromatic heterocycles. The standard InChI is InChI=1S/C46H54N2O13S3.C37H45ClN2O10S3.C9H10O3.2O3S/c1-45(2)37-11-5-6-12-39(37)47(25-7-9-29-62-61-60-50)43(45)22-20-41-44(59-35-16-13-33(14-17-35)23-27-57-32-49)34(24-28-58-41)15-21-42-46(3,4)38-31-36(64(54,55)56)18-19-40(38)48(42)26-8-10-30-63(51,52)53;1-36(2)28-11-5-6-12-30(28)39(20-7-9-23-51-50-49-41)34(36)18-16-32-35(38)26(19-22-48-32)13-17-33-37(3,4)29-25-27(53(45,46)47)14-15-31(29)40(33)21-8-10-24-52(42,43)44;10-7-12-6-5-8-1-3-9(11)4-2-8;2*1-4(2)3/h5-6,11-22,31-32H,7-10,23-30H2,1-4H3,(H2-,50,51,52,53,54,55,56);5-6,11-18,25H,7-10,19-24H2,1-4H3,(H2-,41,42,43,44,45,46,47);1-4,7,11H,5-6H2;;. The van der Waals surface area contributed by atoms with Crippen molar-refractivity contribution in [2.75, 3.05) is 85.4 Å². The van der Waals surface area contributed by atoms with E-state index in [0.717, 1.165) is 118 Å². The summed E-state index contributed by atoms with van der Waals surface area (Å²) in [5.74, 6) is 2.75. The highest BCUT2D eigenvalue weighted by molar-refractivity contribution is 7.94. The van der Waals surface area contributed by atoms with Gasteiger partial charge in [0.05, 0.1) is 63.6 Å². The van der Waals surface area contributed by atoms with Crippen LogP contribution >= 0.6 is 35.7 Å². The number of rotatable bonds is 42. The van der Waals surface area contributed by atoms with E-state index in [1.54, 1.807) is 36.4 Å². The van der Waals surface area contributed by atoms with Gasteiger partial charge in [-0.25, -0.2) is 0 Å². The lowest BCUT2D eigenvalue weighted by molar-refractivity contribution is -0.777. The van der Waals surface area contributed by atoms with Crippen molar-refractivity contribution in [3.05, 3.63) is 260 Å². The summed E-state index contributed by atoms with van der Waals surface area (Å²) in [6, 6.07) is 39.8. The van der Waals surface area contributed by atoms with Crippen molar-refractivity contribution in [3.8, 4) is 11.5 Å². The van der Waals surface area contributed by atoms with Crippen LogP contribution in [0.1, 0.15) is 153 Å². The maximum Gasteiger partial charge on any atom is 0.425 e. The number of hydrogen-bond acceptors (Lipinski definition) is 32. The summed E-state index contributed by atoms with van der Waals surface area (Å²) in [5.41, 5.74) is 12.7. The van der Waals surface area contributed by atoms with Crippen molar-refractivity contribution in [2.24, 2.45) is 0 Å². The third-order valence-electron chi connectivity index (χ3n) is 23.0. The molecule has 6 aliphatic heterocycles. The van der Waals surface area contributed by atoms with Crippen LogP contribution in [-0.2, 0) is 143 Å². The van der Waals surface area contributed by atoms with Crippen molar-refractivity contribution < 1.29 is 154 Å². The molecule has 137 heavy (non-hydrogen) atoms. The molecule has 744 valence electrons. The van der Waals surface area contributed by atoms with Crippen molar-refractivity contribution in [1.82, 2.24) is 0 Å². The van der Waals surface area contributed by atoms with Crippen LogP contribution in [0.4, 0.5) is 22.7 Å². The zero-order chi connectivity index (χ0) is 101. The lowest BCUT2D eigenvalue weighted by Gasteiger charge is -2.27. The Kier molecular flexibility index (Phi) is 42.4. The third-order valence-corrected chi connectivity index (χ3v) is 28.0. The van der Waals surface area contributed by atoms with Gasteiger partial charge in [-0.05, 0) is 179 Å². The Bertz CT molecular complexity index is 6320. The van der Waals surface area contributed by atoms with Crippen molar-refractivity contribution in [1.29, 1.82) is 0 Å². The van der Waals surface area contributed by atoms with Gasteiger partial charge in [0.2, 0.25) is 11.4 Å². The van der Waals surface area contributed by atoms with Gasteiger partial charge in [-0.15, -0.1) is 25.3 Å². The Labute approximate surface area is 813 Å². The fourth-order valence-electron chi connectivity index (χ4n) is 16.5. The summed E-state index contributed by atoms with van der Waals surface area (Å²) in [4.78, 5) is 24.1. The van der Waals surface area contributed by atoms with Crippen molar-refractivity contribution in [3.63, 3.8) is 0 Å². The second-order valence-electron chi connectivity index (χ2n) is 33.5. The first-order valence-corrected chi connectivity index (χ1v) is 53.1. The molecule has 6 heterocycles. The number of nitrogens with zero attached hydrogens (tertiary/aromatic N) is 4. The molecule has 0 saturated carbocycles. The van der Waals surface area contributed by atoms with Crippen LogP contribution in [0.5, 0.6) is 11.5 Å². The summed E-state index contributed by atoms with van der Waals surface area (Å²) in [7, 11) is -23.5. The molecular formula is C92H109ClN4O32S8. The largest absolute Gasteiger partial charge is 0.691 e. The molecule has 12 rings (SSSR count). The molecule has 6 aliphatic rings. The summed E-state index contributed by atoms with van der Waals surface area (Å²) in [5, 5.41) is 36.7. The molecule has 5 N–H and O–H groups in total. The Morgan fingerprint density at radius 2 is 0.876 bits per heavy atom. The molecule has 0 bridgehead atoms. The number of phenolic OH excluding ortho intramolecular Hbond substituents is 1.